The Morgan fingerprint density at radius 2 is 1.79 bits per heavy atom. The Morgan fingerprint density at radius 3 is 2.37 bits per heavy atom. The highest BCUT2D eigenvalue weighted by Gasteiger charge is 2.21. The molecule has 0 N–H and O–H groups in total. The fraction of sp³-hybridized carbons (Fsp3) is 0.615. The molecule has 1 rings (SSSR count). The second-order valence-electron chi connectivity index (χ2n) is 4.33. The maximum Gasteiger partial charge on any atom is 0.344 e. The van der Waals surface area contributed by atoms with Crippen molar-refractivity contribution in [2.24, 2.45) is 0 Å². The van der Waals surface area contributed by atoms with E-state index in [4.69, 9.17) is 4.74 Å². The summed E-state index contributed by atoms with van der Waals surface area (Å²) < 4.78 is 14.1. The molecule has 6 heteroatoms. The summed E-state index contributed by atoms with van der Waals surface area (Å²) in [7, 11) is 1.18. The molecule has 0 spiro atoms. The van der Waals surface area contributed by atoms with Crippen LogP contribution in [0.5, 0.6) is 0 Å². The van der Waals surface area contributed by atoms with Crippen LogP contribution >= 0.6 is 0 Å². The molecule has 0 bridgehead atoms. The normalized spacial score (nSPS) is 14.8. The fourth-order valence-corrected chi connectivity index (χ4v) is 1.77. The highest BCUT2D eigenvalue weighted by Crippen LogP contribution is 2.21. The third-order valence-corrected chi connectivity index (χ3v) is 2.80. The van der Waals surface area contributed by atoms with Crippen molar-refractivity contribution in [1.82, 2.24) is 0 Å². The van der Waals surface area contributed by atoms with E-state index in [1.807, 2.05) is 0 Å². The minimum Gasteiger partial charge on any atom is -0.466 e. The highest BCUT2D eigenvalue weighted by molar-refractivity contribution is 5.94. The third-order valence-electron chi connectivity index (χ3n) is 2.80. The van der Waals surface area contributed by atoms with Gasteiger partial charge < -0.3 is 14.2 Å². The van der Waals surface area contributed by atoms with Crippen molar-refractivity contribution in [3.63, 3.8) is 0 Å². The monoisotopic (exact) mass is 270 g/mol. The first kappa shape index (κ1) is 15.2. The molecule has 0 amide bonds. The first-order chi connectivity index (χ1) is 9.02. The molecule has 19 heavy (non-hydrogen) atoms. The lowest BCUT2D eigenvalue weighted by Gasteiger charge is -2.11. The van der Waals surface area contributed by atoms with Crippen molar-refractivity contribution >= 4 is 17.9 Å². The maximum atomic E-state index is 11.5. The van der Waals surface area contributed by atoms with E-state index < -0.39 is 24.5 Å². The average Bonchev–Trinajstić information content (AvgIpc) is 2.87. The molecule has 0 radical (unpaired) electrons. The van der Waals surface area contributed by atoms with Crippen molar-refractivity contribution in [1.29, 1.82) is 0 Å². The van der Waals surface area contributed by atoms with E-state index in [-0.39, 0.29) is 18.1 Å². The molecular formula is C13H18O6. The smallest absolute Gasteiger partial charge is 0.344 e. The molecular weight excluding hydrogens is 252 g/mol. The molecule has 106 valence electrons. The summed E-state index contributed by atoms with van der Waals surface area (Å²) in [5.41, 5.74) is -0.0353. The van der Waals surface area contributed by atoms with Crippen LogP contribution in [0.25, 0.3) is 0 Å². The first-order valence-electron chi connectivity index (χ1n) is 6.14. The lowest BCUT2D eigenvalue weighted by atomic mass is 10.2. The summed E-state index contributed by atoms with van der Waals surface area (Å²) in [4.78, 5) is 33.7. The number of esters is 3. The third kappa shape index (κ3) is 5.54. The summed E-state index contributed by atoms with van der Waals surface area (Å²) >= 11 is 0. The van der Waals surface area contributed by atoms with Gasteiger partial charge in [0.25, 0.3) is 0 Å². The Bertz CT molecular complexity index is 367. The second-order valence-corrected chi connectivity index (χ2v) is 4.33. The van der Waals surface area contributed by atoms with Crippen molar-refractivity contribution in [3.05, 3.63) is 12.2 Å². The SMILES string of the molecule is C=C(CC(=O)OC1CCCC1)C(=O)OCC(=O)OC. The van der Waals surface area contributed by atoms with Crippen LogP contribution in [-0.4, -0.2) is 37.7 Å². The van der Waals surface area contributed by atoms with Gasteiger partial charge in [-0.1, -0.05) is 6.58 Å². The predicted octanol–water partition coefficient (Wildman–Crippen LogP) is 1.13. The summed E-state index contributed by atoms with van der Waals surface area (Å²) in [5.74, 6) is -1.96. The van der Waals surface area contributed by atoms with Crippen molar-refractivity contribution in [2.75, 3.05) is 13.7 Å². The van der Waals surface area contributed by atoms with Gasteiger partial charge in [0.1, 0.15) is 6.10 Å². The summed E-state index contributed by atoms with van der Waals surface area (Å²) in [6.45, 7) is 2.95. The minimum absolute atomic E-state index is 0.0353. The molecule has 0 heterocycles. The Morgan fingerprint density at radius 1 is 1.16 bits per heavy atom. The number of carbonyl (C=O) groups is 3. The summed E-state index contributed by atoms with van der Waals surface area (Å²) in [5, 5.41) is 0. The zero-order valence-corrected chi connectivity index (χ0v) is 11.0. The molecule has 0 aromatic rings. The molecule has 0 unspecified atom stereocenters. The van der Waals surface area contributed by atoms with Gasteiger partial charge in [-0.25, -0.2) is 9.59 Å². The molecule has 1 aliphatic carbocycles. The lowest BCUT2D eigenvalue weighted by molar-refractivity contribution is -0.155. The fourth-order valence-electron chi connectivity index (χ4n) is 1.77. The Balaban J connectivity index is 2.26. The standard InChI is InChI=1S/C13H18O6/c1-9(13(16)18-8-12(15)17-2)7-11(14)19-10-5-3-4-6-10/h10H,1,3-8H2,2H3. The lowest BCUT2D eigenvalue weighted by Crippen LogP contribution is -2.20. The van der Waals surface area contributed by atoms with E-state index in [0.29, 0.717) is 0 Å². The molecule has 1 aliphatic rings. The number of rotatable bonds is 6. The molecule has 0 atom stereocenters. The topological polar surface area (TPSA) is 78.9 Å². The van der Waals surface area contributed by atoms with Crippen LogP contribution in [0.15, 0.2) is 12.2 Å². The molecule has 6 nitrogen and oxygen atoms in total. The van der Waals surface area contributed by atoms with Gasteiger partial charge >= 0.3 is 17.9 Å². The Hall–Kier alpha value is -1.85. The van der Waals surface area contributed by atoms with Crippen molar-refractivity contribution < 1.29 is 28.6 Å². The van der Waals surface area contributed by atoms with E-state index in [9.17, 15) is 14.4 Å². The molecule has 1 saturated carbocycles. The van der Waals surface area contributed by atoms with Crippen molar-refractivity contribution in [2.45, 2.75) is 38.2 Å². The number of ether oxygens (including phenoxy) is 3. The van der Waals surface area contributed by atoms with Gasteiger partial charge in [-0.15, -0.1) is 0 Å². The molecule has 1 fully saturated rings. The van der Waals surface area contributed by atoms with E-state index in [0.717, 1.165) is 25.7 Å². The minimum atomic E-state index is -0.797. The highest BCUT2D eigenvalue weighted by atomic mass is 16.6. The summed E-state index contributed by atoms with van der Waals surface area (Å²) in [6.07, 6.45) is 3.57. The van der Waals surface area contributed by atoms with E-state index in [2.05, 4.69) is 16.1 Å². The van der Waals surface area contributed by atoms with Crippen molar-refractivity contribution in [3.8, 4) is 0 Å². The van der Waals surface area contributed by atoms with Crippen LogP contribution in [0, 0.1) is 0 Å². The first-order valence-corrected chi connectivity index (χ1v) is 6.14. The number of hydrogen-bond acceptors (Lipinski definition) is 6. The van der Waals surface area contributed by atoms with Gasteiger partial charge in [-0.2, -0.15) is 0 Å². The van der Waals surface area contributed by atoms with E-state index in [1.165, 1.54) is 7.11 Å². The Kier molecular flexibility index (Phi) is 6.05. The van der Waals surface area contributed by atoms with E-state index in [1.54, 1.807) is 0 Å². The largest absolute Gasteiger partial charge is 0.466 e. The quantitative estimate of drug-likeness (QED) is 0.409. The van der Waals surface area contributed by atoms with Crippen LogP contribution in [0.4, 0.5) is 0 Å². The predicted molar refractivity (Wildman–Crippen MR) is 65.1 cm³/mol. The molecule has 0 aliphatic heterocycles. The van der Waals surface area contributed by atoms with Gasteiger partial charge in [-0.05, 0) is 25.7 Å². The van der Waals surface area contributed by atoms with Crippen LogP contribution in [0.1, 0.15) is 32.1 Å². The molecule has 0 saturated heterocycles. The Labute approximate surface area is 111 Å². The number of hydrogen-bond donors (Lipinski definition) is 0. The van der Waals surface area contributed by atoms with Gasteiger partial charge in [0, 0.05) is 5.57 Å². The zero-order chi connectivity index (χ0) is 14.3. The van der Waals surface area contributed by atoms with Gasteiger partial charge in [0.05, 0.1) is 13.5 Å². The van der Waals surface area contributed by atoms with Gasteiger partial charge in [-0.3, -0.25) is 4.79 Å². The number of methoxy groups -OCH3 is 1. The average molecular weight is 270 g/mol. The maximum absolute atomic E-state index is 11.5. The zero-order valence-electron chi connectivity index (χ0n) is 11.0. The second kappa shape index (κ2) is 7.56. The van der Waals surface area contributed by atoms with Crippen LogP contribution < -0.4 is 0 Å². The number of carbonyl (C=O) groups excluding carboxylic acids is 3. The summed E-state index contributed by atoms with van der Waals surface area (Å²) in [6, 6.07) is 0. The van der Waals surface area contributed by atoms with Gasteiger partial charge in [0.15, 0.2) is 6.61 Å². The van der Waals surface area contributed by atoms with Crippen LogP contribution in [0.2, 0.25) is 0 Å². The van der Waals surface area contributed by atoms with E-state index >= 15 is 0 Å². The van der Waals surface area contributed by atoms with Crippen LogP contribution in [-0.2, 0) is 28.6 Å². The molecule has 0 aromatic heterocycles. The molecule has 0 aromatic carbocycles. The van der Waals surface area contributed by atoms with Crippen LogP contribution in [0.3, 0.4) is 0 Å². The van der Waals surface area contributed by atoms with Gasteiger partial charge in [0.2, 0.25) is 0 Å².